The zero-order valence-corrected chi connectivity index (χ0v) is 13.0. The molecule has 0 aliphatic heterocycles. The molecule has 2 aromatic rings. The van der Waals surface area contributed by atoms with Crippen molar-refractivity contribution in [3.05, 3.63) is 57.0 Å². The highest BCUT2D eigenvalue weighted by Gasteiger charge is 2.07. The minimum Gasteiger partial charge on any atom is -0.487 e. The molecule has 0 radical (unpaired) electrons. The second-order valence-corrected chi connectivity index (χ2v) is 5.79. The highest BCUT2D eigenvalue weighted by atomic mass is 79.9. The summed E-state index contributed by atoms with van der Waals surface area (Å²) < 4.78 is 6.69. The quantitative estimate of drug-likeness (QED) is 0.746. The van der Waals surface area contributed by atoms with Gasteiger partial charge in [-0.3, -0.25) is 0 Å². The van der Waals surface area contributed by atoms with Gasteiger partial charge in [-0.15, -0.1) is 12.6 Å². The average molecular weight is 344 g/mol. The van der Waals surface area contributed by atoms with E-state index in [0.717, 1.165) is 26.2 Å². The lowest BCUT2D eigenvalue weighted by Crippen LogP contribution is -1.97. The number of benzene rings is 2. The summed E-state index contributed by atoms with van der Waals surface area (Å²) in [5, 5.41) is 0.713. The van der Waals surface area contributed by atoms with Crippen LogP contribution in [0.2, 0.25) is 5.02 Å². The summed E-state index contributed by atoms with van der Waals surface area (Å²) in [6.45, 7) is 2.49. The van der Waals surface area contributed by atoms with Crippen LogP contribution in [0.3, 0.4) is 0 Å². The van der Waals surface area contributed by atoms with Crippen LogP contribution in [-0.2, 0) is 6.61 Å². The van der Waals surface area contributed by atoms with Crippen LogP contribution in [0.1, 0.15) is 11.1 Å². The third kappa shape index (κ3) is 3.44. The minimum absolute atomic E-state index is 0.468. The van der Waals surface area contributed by atoms with E-state index in [1.807, 2.05) is 43.3 Å². The van der Waals surface area contributed by atoms with Crippen molar-refractivity contribution in [1.82, 2.24) is 0 Å². The van der Waals surface area contributed by atoms with E-state index in [-0.39, 0.29) is 0 Å². The van der Waals surface area contributed by atoms with E-state index < -0.39 is 0 Å². The van der Waals surface area contributed by atoms with Gasteiger partial charge in [0.05, 0.1) is 4.47 Å². The normalized spacial score (nSPS) is 10.4. The summed E-state index contributed by atoms with van der Waals surface area (Å²) in [6.07, 6.45) is 0. The van der Waals surface area contributed by atoms with Gasteiger partial charge in [0.1, 0.15) is 12.4 Å². The van der Waals surface area contributed by atoms with Crippen LogP contribution < -0.4 is 4.74 Å². The Labute approximate surface area is 126 Å². The predicted molar refractivity (Wildman–Crippen MR) is 81.9 cm³/mol. The van der Waals surface area contributed by atoms with Crippen molar-refractivity contribution in [2.45, 2.75) is 18.4 Å². The smallest absolute Gasteiger partial charge is 0.147 e. The fourth-order valence-corrected chi connectivity index (χ4v) is 3.08. The van der Waals surface area contributed by atoms with Gasteiger partial charge in [-0.2, -0.15) is 0 Å². The maximum atomic E-state index is 5.93. The maximum Gasteiger partial charge on any atom is 0.147 e. The van der Waals surface area contributed by atoms with Gasteiger partial charge in [-0.25, -0.2) is 0 Å². The molecule has 0 aliphatic rings. The van der Waals surface area contributed by atoms with E-state index in [1.165, 1.54) is 0 Å². The first kappa shape index (κ1) is 13.8. The molecule has 0 atom stereocenters. The molecule has 0 aliphatic carbocycles. The summed E-state index contributed by atoms with van der Waals surface area (Å²) in [5.41, 5.74) is 2.17. The molecular formula is C14H12BrClOS. The fraction of sp³-hybridized carbons (Fsp3) is 0.143. The Hall–Kier alpha value is -0.640. The lowest BCUT2D eigenvalue weighted by Gasteiger charge is -2.11. The summed E-state index contributed by atoms with van der Waals surface area (Å²) in [7, 11) is 0. The van der Waals surface area contributed by atoms with E-state index in [9.17, 15) is 0 Å². The topological polar surface area (TPSA) is 9.23 Å². The van der Waals surface area contributed by atoms with E-state index in [2.05, 4.69) is 28.6 Å². The summed E-state index contributed by atoms with van der Waals surface area (Å²) in [4.78, 5) is 0.823. The Kier molecular flexibility index (Phi) is 4.60. The predicted octanol–water partition coefficient (Wildman–Crippen LogP) is 5.28. The number of halogens is 2. The molecule has 0 aromatic heterocycles. The van der Waals surface area contributed by atoms with Gasteiger partial charge in [-0.05, 0) is 58.2 Å². The van der Waals surface area contributed by atoms with Gasteiger partial charge < -0.3 is 4.74 Å². The Morgan fingerprint density at radius 2 is 2.06 bits per heavy atom. The number of rotatable bonds is 3. The molecule has 0 saturated heterocycles. The molecule has 1 nitrogen and oxygen atoms in total. The molecule has 0 amide bonds. The maximum absolute atomic E-state index is 5.93. The van der Waals surface area contributed by atoms with Crippen molar-refractivity contribution >= 4 is 40.2 Å². The molecule has 0 heterocycles. The Morgan fingerprint density at radius 1 is 1.28 bits per heavy atom. The number of ether oxygens (including phenoxy) is 1. The first-order chi connectivity index (χ1) is 8.56. The van der Waals surface area contributed by atoms with Crippen molar-refractivity contribution in [3.8, 4) is 5.75 Å². The van der Waals surface area contributed by atoms with E-state index in [0.29, 0.717) is 11.6 Å². The molecule has 2 rings (SSSR count). The van der Waals surface area contributed by atoms with Crippen LogP contribution in [0, 0.1) is 6.92 Å². The van der Waals surface area contributed by atoms with Crippen molar-refractivity contribution in [2.24, 2.45) is 0 Å². The van der Waals surface area contributed by atoms with Gasteiger partial charge in [0.2, 0.25) is 0 Å². The molecule has 0 fully saturated rings. The average Bonchev–Trinajstić information content (AvgIpc) is 2.27. The summed E-state index contributed by atoms with van der Waals surface area (Å²) >= 11 is 13.8. The number of aryl methyl sites for hydroxylation is 1. The largest absolute Gasteiger partial charge is 0.487 e. The zero-order valence-electron chi connectivity index (χ0n) is 9.78. The first-order valence-corrected chi connectivity index (χ1v) is 7.04. The lowest BCUT2D eigenvalue weighted by molar-refractivity contribution is 0.297. The van der Waals surface area contributed by atoms with Crippen LogP contribution in [-0.4, -0.2) is 0 Å². The summed E-state index contributed by atoms with van der Waals surface area (Å²) in [5.74, 6) is 0.754. The minimum atomic E-state index is 0.468. The van der Waals surface area contributed by atoms with E-state index in [4.69, 9.17) is 16.3 Å². The highest BCUT2D eigenvalue weighted by Crippen LogP contribution is 2.33. The lowest BCUT2D eigenvalue weighted by atomic mass is 10.2. The van der Waals surface area contributed by atoms with Crippen molar-refractivity contribution in [3.63, 3.8) is 0 Å². The molecule has 2 aromatic carbocycles. The van der Waals surface area contributed by atoms with Crippen LogP contribution in [0.5, 0.6) is 5.75 Å². The highest BCUT2D eigenvalue weighted by molar-refractivity contribution is 9.10. The van der Waals surface area contributed by atoms with Crippen molar-refractivity contribution in [2.75, 3.05) is 0 Å². The summed E-state index contributed by atoms with van der Waals surface area (Å²) in [6, 6.07) is 11.6. The zero-order chi connectivity index (χ0) is 13.1. The monoisotopic (exact) mass is 342 g/mol. The Bertz CT molecular complexity index is 548. The van der Waals surface area contributed by atoms with Crippen LogP contribution in [0.15, 0.2) is 45.8 Å². The molecule has 4 heteroatoms. The van der Waals surface area contributed by atoms with Crippen molar-refractivity contribution in [1.29, 1.82) is 0 Å². The molecule has 18 heavy (non-hydrogen) atoms. The second kappa shape index (κ2) is 6.00. The molecule has 94 valence electrons. The van der Waals surface area contributed by atoms with Gasteiger partial charge in [0.25, 0.3) is 0 Å². The van der Waals surface area contributed by atoms with Gasteiger partial charge in [0.15, 0.2) is 0 Å². The third-order valence-corrected chi connectivity index (χ3v) is 3.60. The first-order valence-electron chi connectivity index (χ1n) is 5.42. The molecule has 0 unspecified atom stereocenters. The standard InChI is InChI=1S/C14H12BrClOS/c1-9-5-12(15)14(13(18)6-9)17-8-10-3-2-4-11(16)7-10/h2-7,18H,8H2,1H3. The molecule has 0 spiro atoms. The molecule has 0 N–H and O–H groups in total. The molecule has 0 saturated carbocycles. The number of hydrogen-bond acceptors (Lipinski definition) is 2. The van der Waals surface area contributed by atoms with Gasteiger partial charge >= 0.3 is 0 Å². The van der Waals surface area contributed by atoms with Crippen LogP contribution in [0.4, 0.5) is 0 Å². The Morgan fingerprint density at radius 3 is 2.72 bits per heavy atom. The van der Waals surface area contributed by atoms with Gasteiger partial charge in [0, 0.05) is 9.92 Å². The van der Waals surface area contributed by atoms with E-state index in [1.54, 1.807) is 0 Å². The molecule has 0 bridgehead atoms. The number of thiol groups is 1. The van der Waals surface area contributed by atoms with Crippen LogP contribution in [0.25, 0.3) is 0 Å². The van der Waals surface area contributed by atoms with Gasteiger partial charge in [-0.1, -0.05) is 23.7 Å². The fourth-order valence-electron chi connectivity index (χ4n) is 1.64. The van der Waals surface area contributed by atoms with Crippen molar-refractivity contribution < 1.29 is 4.74 Å². The third-order valence-electron chi connectivity index (χ3n) is 2.44. The van der Waals surface area contributed by atoms with Crippen LogP contribution >= 0.6 is 40.2 Å². The number of hydrogen-bond donors (Lipinski definition) is 1. The van der Waals surface area contributed by atoms with E-state index >= 15 is 0 Å². The SMILES string of the molecule is Cc1cc(S)c(OCc2cccc(Cl)c2)c(Br)c1. The molecular weight excluding hydrogens is 332 g/mol. The second-order valence-electron chi connectivity index (χ2n) is 4.01. The Balaban J connectivity index is 2.16.